The van der Waals surface area contributed by atoms with Crippen LogP contribution in [0.1, 0.15) is 37.3 Å². The standard InChI is InChI=1S/C19H21ClO/c1-2-3-4-5-15-6-10-17(11-7-15)18-12-8-16(9-13-18)14-19(20)21/h6-13H,2-5,14H2,1H3. The first-order chi connectivity index (χ1) is 10.2. The molecule has 0 aliphatic heterocycles. The van der Waals surface area contributed by atoms with Crippen molar-refractivity contribution >= 4 is 16.8 Å². The summed E-state index contributed by atoms with van der Waals surface area (Å²) in [5.41, 5.74) is 4.73. The van der Waals surface area contributed by atoms with Crippen molar-refractivity contribution in [3.05, 3.63) is 59.7 Å². The van der Waals surface area contributed by atoms with Crippen LogP contribution in [0.3, 0.4) is 0 Å². The minimum Gasteiger partial charge on any atom is -0.281 e. The summed E-state index contributed by atoms with van der Waals surface area (Å²) in [6, 6.07) is 16.8. The number of halogens is 1. The van der Waals surface area contributed by atoms with Crippen molar-refractivity contribution in [2.75, 3.05) is 0 Å². The van der Waals surface area contributed by atoms with Gasteiger partial charge in [-0.15, -0.1) is 0 Å². The molecule has 0 saturated carbocycles. The predicted molar refractivity (Wildman–Crippen MR) is 89.7 cm³/mol. The molecule has 0 bridgehead atoms. The van der Waals surface area contributed by atoms with Crippen molar-refractivity contribution in [1.29, 1.82) is 0 Å². The van der Waals surface area contributed by atoms with Crippen molar-refractivity contribution in [3.8, 4) is 11.1 Å². The minimum atomic E-state index is -0.320. The second-order valence-electron chi connectivity index (χ2n) is 5.38. The van der Waals surface area contributed by atoms with Crippen LogP contribution in [0.15, 0.2) is 48.5 Å². The summed E-state index contributed by atoms with van der Waals surface area (Å²) in [5.74, 6) is 0. The van der Waals surface area contributed by atoms with Crippen LogP contribution in [0, 0.1) is 0 Å². The maximum Gasteiger partial charge on any atom is 0.226 e. The number of hydrogen-bond donors (Lipinski definition) is 0. The Morgan fingerprint density at radius 3 is 1.86 bits per heavy atom. The van der Waals surface area contributed by atoms with E-state index in [1.165, 1.54) is 36.0 Å². The molecule has 110 valence electrons. The summed E-state index contributed by atoms with van der Waals surface area (Å²) in [6.45, 7) is 2.23. The molecule has 0 amide bonds. The van der Waals surface area contributed by atoms with Gasteiger partial charge in [0, 0.05) is 6.42 Å². The molecule has 0 saturated heterocycles. The topological polar surface area (TPSA) is 17.1 Å². The highest BCUT2D eigenvalue weighted by Crippen LogP contribution is 2.21. The quantitative estimate of drug-likeness (QED) is 0.494. The van der Waals surface area contributed by atoms with Gasteiger partial charge in [-0.25, -0.2) is 0 Å². The predicted octanol–water partition coefficient (Wildman–Crippen LogP) is 5.39. The monoisotopic (exact) mass is 300 g/mol. The Balaban J connectivity index is 2.02. The Morgan fingerprint density at radius 1 is 0.857 bits per heavy atom. The van der Waals surface area contributed by atoms with Crippen LogP contribution in [0.2, 0.25) is 0 Å². The molecule has 1 nitrogen and oxygen atoms in total. The van der Waals surface area contributed by atoms with Gasteiger partial charge in [0.1, 0.15) is 0 Å². The van der Waals surface area contributed by atoms with Crippen LogP contribution in [-0.4, -0.2) is 5.24 Å². The van der Waals surface area contributed by atoms with Gasteiger partial charge in [0.05, 0.1) is 0 Å². The van der Waals surface area contributed by atoms with Crippen molar-refractivity contribution in [1.82, 2.24) is 0 Å². The Bertz CT molecular complexity index is 570. The SMILES string of the molecule is CCCCCc1ccc(-c2ccc(CC(=O)Cl)cc2)cc1. The van der Waals surface area contributed by atoms with E-state index < -0.39 is 0 Å². The van der Waals surface area contributed by atoms with E-state index in [9.17, 15) is 4.79 Å². The summed E-state index contributed by atoms with van der Waals surface area (Å²) in [4.78, 5) is 10.9. The zero-order chi connectivity index (χ0) is 15.1. The molecule has 2 heteroatoms. The number of hydrogen-bond acceptors (Lipinski definition) is 1. The van der Waals surface area contributed by atoms with Gasteiger partial charge in [-0.3, -0.25) is 4.79 Å². The summed E-state index contributed by atoms with van der Waals surface area (Å²) >= 11 is 5.40. The van der Waals surface area contributed by atoms with Gasteiger partial charge in [-0.2, -0.15) is 0 Å². The van der Waals surface area contributed by atoms with Crippen LogP contribution in [0.5, 0.6) is 0 Å². The van der Waals surface area contributed by atoms with E-state index in [-0.39, 0.29) is 11.7 Å². The van der Waals surface area contributed by atoms with Gasteiger partial charge < -0.3 is 0 Å². The second kappa shape index (κ2) is 7.99. The van der Waals surface area contributed by atoms with Crippen molar-refractivity contribution in [2.24, 2.45) is 0 Å². The van der Waals surface area contributed by atoms with E-state index in [0.717, 1.165) is 12.0 Å². The van der Waals surface area contributed by atoms with Gasteiger partial charge in [0.2, 0.25) is 5.24 Å². The highest BCUT2D eigenvalue weighted by Gasteiger charge is 2.02. The van der Waals surface area contributed by atoms with Gasteiger partial charge in [0.15, 0.2) is 0 Å². The number of carbonyl (C=O) groups is 1. The van der Waals surface area contributed by atoms with Gasteiger partial charge >= 0.3 is 0 Å². The van der Waals surface area contributed by atoms with Crippen LogP contribution in [0.25, 0.3) is 11.1 Å². The van der Waals surface area contributed by atoms with Crippen molar-refractivity contribution in [2.45, 2.75) is 39.0 Å². The molecule has 0 heterocycles. The maximum absolute atomic E-state index is 10.9. The smallest absolute Gasteiger partial charge is 0.226 e. The lowest BCUT2D eigenvalue weighted by molar-refractivity contribution is -0.111. The van der Waals surface area contributed by atoms with E-state index in [1.54, 1.807) is 0 Å². The summed E-state index contributed by atoms with van der Waals surface area (Å²) in [6.07, 6.45) is 5.26. The number of benzene rings is 2. The Hall–Kier alpha value is -1.60. The molecule has 0 N–H and O–H groups in total. The van der Waals surface area contributed by atoms with E-state index >= 15 is 0 Å². The number of aryl methyl sites for hydroxylation is 1. The zero-order valence-electron chi connectivity index (χ0n) is 12.4. The van der Waals surface area contributed by atoms with Crippen LogP contribution in [-0.2, 0) is 17.6 Å². The highest BCUT2D eigenvalue weighted by molar-refractivity contribution is 6.63. The molecular weight excluding hydrogens is 280 g/mol. The lowest BCUT2D eigenvalue weighted by Gasteiger charge is -2.05. The highest BCUT2D eigenvalue weighted by atomic mass is 35.5. The molecule has 0 radical (unpaired) electrons. The third kappa shape index (κ3) is 5.02. The van der Waals surface area contributed by atoms with Crippen LogP contribution < -0.4 is 0 Å². The summed E-state index contributed by atoms with van der Waals surface area (Å²) in [7, 11) is 0. The van der Waals surface area contributed by atoms with Gasteiger partial charge in [-0.05, 0) is 46.7 Å². The third-order valence-electron chi connectivity index (χ3n) is 3.65. The van der Waals surface area contributed by atoms with E-state index in [4.69, 9.17) is 11.6 Å². The molecule has 2 aromatic rings. The average Bonchev–Trinajstić information content (AvgIpc) is 2.49. The first kappa shape index (κ1) is 15.8. The molecule has 2 aromatic carbocycles. The van der Waals surface area contributed by atoms with Crippen LogP contribution in [0.4, 0.5) is 0 Å². The Kier molecular flexibility index (Phi) is 6.01. The molecule has 0 aliphatic carbocycles. The van der Waals surface area contributed by atoms with E-state index in [2.05, 4.69) is 31.2 Å². The minimum absolute atomic E-state index is 0.290. The average molecular weight is 301 g/mol. The first-order valence-electron chi connectivity index (χ1n) is 7.55. The number of unbranched alkanes of at least 4 members (excludes halogenated alkanes) is 2. The van der Waals surface area contributed by atoms with Crippen LogP contribution >= 0.6 is 11.6 Å². The molecule has 0 unspecified atom stereocenters. The van der Waals surface area contributed by atoms with Crippen molar-refractivity contribution in [3.63, 3.8) is 0 Å². The molecule has 0 aromatic heterocycles. The lowest BCUT2D eigenvalue weighted by Crippen LogP contribution is -1.92. The fourth-order valence-corrected chi connectivity index (χ4v) is 2.57. The van der Waals surface area contributed by atoms with Gasteiger partial charge in [-0.1, -0.05) is 68.3 Å². The number of rotatable bonds is 7. The first-order valence-corrected chi connectivity index (χ1v) is 7.93. The Morgan fingerprint density at radius 2 is 1.38 bits per heavy atom. The fourth-order valence-electron chi connectivity index (χ4n) is 2.42. The van der Waals surface area contributed by atoms with Crippen molar-refractivity contribution < 1.29 is 4.79 Å². The lowest BCUT2D eigenvalue weighted by atomic mass is 10.00. The molecule has 0 atom stereocenters. The second-order valence-corrected chi connectivity index (χ2v) is 5.80. The summed E-state index contributed by atoms with van der Waals surface area (Å²) in [5, 5.41) is -0.320. The molecule has 2 rings (SSSR count). The maximum atomic E-state index is 10.9. The van der Waals surface area contributed by atoms with Gasteiger partial charge in [0.25, 0.3) is 0 Å². The summed E-state index contributed by atoms with van der Waals surface area (Å²) < 4.78 is 0. The third-order valence-corrected chi connectivity index (χ3v) is 3.79. The number of carbonyl (C=O) groups excluding carboxylic acids is 1. The molecule has 0 aliphatic rings. The molecule has 0 spiro atoms. The fraction of sp³-hybridized carbons (Fsp3) is 0.316. The molecular formula is C19H21ClO. The Labute approximate surface area is 132 Å². The molecule has 0 fully saturated rings. The normalized spacial score (nSPS) is 10.6. The van der Waals surface area contributed by atoms with E-state index in [0.29, 0.717) is 0 Å². The molecule has 21 heavy (non-hydrogen) atoms. The zero-order valence-corrected chi connectivity index (χ0v) is 13.2. The largest absolute Gasteiger partial charge is 0.281 e. The van der Waals surface area contributed by atoms with E-state index in [1.807, 2.05) is 24.3 Å².